The van der Waals surface area contributed by atoms with Crippen molar-refractivity contribution in [2.24, 2.45) is 23.5 Å². The van der Waals surface area contributed by atoms with Gasteiger partial charge < -0.3 is 10.6 Å². The van der Waals surface area contributed by atoms with Crippen LogP contribution in [-0.4, -0.2) is 30.6 Å². The number of fused-ring (bicyclic) bond motifs is 1. The Labute approximate surface area is 99.6 Å². The van der Waals surface area contributed by atoms with Gasteiger partial charge in [-0.2, -0.15) is 0 Å². The summed E-state index contributed by atoms with van der Waals surface area (Å²) in [6.45, 7) is 4.01. The lowest BCUT2D eigenvalue weighted by atomic mass is 9.98. The van der Waals surface area contributed by atoms with Crippen LogP contribution >= 0.6 is 0 Å². The van der Waals surface area contributed by atoms with E-state index in [1.54, 1.807) is 0 Å². The molecule has 0 aromatic heterocycles. The van der Waals surface area contributed by atoms with Gasteiger partial charge in [0.25, 0.3) is 0 Å². The van der Waals surface area contributed by atoms with Gasteiger partial charge in [-0.3, -0.25) is 0 Å². The minimum absolute atomic E-state index is 0.515. The first kappa shape index (κ1) is 11.0. The van der Waals surface area contributed by atoms with E-state index >= 15 is 0 Å². The zero-order valence-corrected chi connectivity index (χ0v) is 10.4. The maximum absolute atomic E-state index is 6.17. The smallest absolute Gasteiger partial charge is 0.00826 e. The molecule has 3 fully saturated rings. The molecule has 0 aromatic rings. The fraction of sp³-hybridized carbons (Fsp3) is 1.00. The predicted molar refractivity (Wildman–Crippen MR) is 67.2 cm³/mol. The van der Waals surface area contributed by atoms with E-state index in [2.05, 4.69) is 4.90 Å². The van der Waals surface area contributed by atoms with E-state index in [4.69, 9.17) is 5.73 Å². The maximum atomic E-state index is 6.17. The molecule has 2 saturated carbocycles. The van der Waals surface area contributed by atoms with Crippen molar-refractivity contribution in [2.45, 2.75) is 51.0 Å². The van der Waals surface area contributed by atoms with E-state index in [9.17, 15) is 0 Å². The van der Waals surface area contributed by atoms with Gasteiger partial charge in [0, 0.05) is 19.1 Å². The molecule has 2 heteroatoms. The van der Waals surface area contributed by atoms with E-state index in [1.807, 2.05) is 0 Å². The Morgan fingerprint density at radius 2 is 1.81 bits per heavy atom. The molecule has 3 unspecified atom stereocenters. The van der Waals surface area contributed by atoms with Crippen molar-refractivity contribution in [2.75, 3.05) is 19.6 Å². The molecule has 1 aliphatic heterocycles. The summed E-state index contributed by atoms with van der Waals surface area (Å²) < 4.78 is 0. The molecule has 3 aliphatic rings. The van der Waals surface area contributed by atoms with Gasteiger partial charge in [-0.1, -0.05) is 25.7 Å². The third kappa shape index (κ3) is 2.14. The highest BCUT2D eigenvalue weighted by Gasteiger charge is 2.40. The first-order chi connectivity index (χ1) is 7.83. The van der Waals surface area contributed by atoms with Crippen LogP contribution in [0.2, 0.25) is 0 Å². The molecular formula is C14H26N2. The van der Waals surface area contributed by atoms with Crippen molar-refractivity contribution in [3.8, 4) is 0 Å². The van der Waals surface area contributed by atoms with Crippen molar-refractivity contribution in [1.82, 2.24) is 4.90 Å². The molecule has 0 spiro atoms. The molecule has 0 radical (unpaired) electrons. The number of nitrogens with zero attached hydrogens (tertiary/aromatic N) is 1. The minimum atomic E-state index is 0.515. The Bertz CT molecular complexity index is 235. The van der Waals surface area contributed by atoms with Crippen LogP contribution in [0.15, 0.2) is 0 Å². The van der Waals surface area contributed by atoms with Gasteiger partial charge in [-0.05, 0) is 43.6 Å². The van der Waals surface area contributed by atoms with E-state index in [0.717, 1.165) is 17.8 Å². The van der Waals surface area contributed by atoms with Crippen LogP contribution < -0.4 is 5.73 Å². The van der Waals surface area contributed by atoms with E-state index in [-0.39, 0.29) is 0 Å². The molecule has 1 heterocycles. The topological polar surface area (TPSA) is 29.3 Å². The van der Waals surface area contributed by atoms with Crippen LogP contribution in [0.25, 0.3) is 0 Å². The van der Waals surface area contributed by atoms with E-state index in [1.165, 1.54) is 64.6 Å². The average molecular weight is 222 g/mol. The third-order valence-corrected chi connectivity index (χ3v) is 5.32. The fourth-order valence-electron chi connectivity index (χ4n) is 4.25. The van der Waals surface area contributed by atoms with E-state index < -0.39 is 0 Å². The summed E-state index contributed by atoms with van der Waals surface area (Å²) >= 11 is 0. The summed E-state index contributed by atoms with van der Waals surface area (Å²) in [5.74, 6) is 2.83. The lowest BCUT2D eigenvalue weighted by Crippen LogP contribution is -2.31. The van der Waals surface area contributed by atoms with Crippen LogP contribution in [0.1, 0.15) is 44.9 Å². The van der Waals surface area contributed by atoms with Gasteiger partial charge >= 0.3 is 0 Å². The van der Waals surface area contributed by atoms with Crippen molar-refractivity contribution in [1.29, 1.82) is 0 Å². The molecule has 16 heavy (non-hydrogen) atoms. The van der Waals surface area contributed by atoms with Crippen molar-refractivity contribution in [3.63, 3.8) is 0 Å². The van der Waals surface area contributed by atoms with Crippen LogP contribution in [0.3, 0.4) is 0 Å². The largest absolute Gasteiger partial charge is 0.327 e. The second-order valence-electron chi connectivity index (χ2n) is 6.36. The Morgan fingerprint density at radius 1 is 1.00 bits per heavy atom. The van der Waals surface area contributed by atoms with Crippen molar-refractivity contribution >= 4 is 0 Å². The van der Waals surface area contributed by atoms with Gasteiger partial charge in [-0.25, -0.2) is 0 Å². The molecule has 2 nitrogen and oxygen atoms in total. The average Bonchev–Trinajstić information content (AvgIpc) is 2.95. The van der Waals surface area contributed by atoms with Crippen molar-refractivity contribution in [3.05, 3.63) is 0 Å². The number of hydrogen-bond donors (Lipinski definition) is 1. The van der Waals surface area contributed by atoms with Gasteiger partial charge in [0.15, 0.2) is 0 Å². The Balaban J connectivity index is 1.44. The first-order valence-electron chi connectivity index (χ1n) is 7.31. The Morgan fingerprint density at radius 3 is 2.56 bits per heavy atom. The summed E-state index contributed by atoms with van der Waals surface area (Å²) in [5.41, 5.74) is 6.17. The van der Waals surface area contributed by atoms with E-state index in [0.29, 0.717) is 6.04 Å². The zero-order valence-electron chi connectivity index (χ0n) is 10.4. The molecular weight excluding hydrogens is 196 g/mol. The number of rotatable bonds is 3. The van der Waals surface area contributed by atoms with Gasteiger partial charge in [0.1, 0.15) is 0 Å². The van der Waals surface area contributed by atoms with Crippen LogP contribution in [0.4, 0.5) is 0 Å². The molecule has 1 saturated heterocycles. The summed E-state index contributed by atoms with van der Waals surface area (Å²) in [4.78, 5) is 2.70. The SMILES string of the molecule is NC1CCC2CN(CCC3CCCC3)CC12. The third-order valence-electron chi connectivity index (χ3n) is 5.32. The molecule has 2 aliphatic carbocycles. The molecule has 0 amide bonds. The molecule has 3 rings (SSSR count). The first-order valence-corrected chi connectivity index (χ1v) is 7.31. The van der Waals surface area contributed by atoms with Gasteiger partial charge in [-0.15, -0.1) is 0 Å². The summed E-state index contributed by atoms with van der Waals surface area (Å²) in [7, 11) is 0. The summed E-state index contributed by atoms with van der Waals surface area (Å²) in [6.07, 6.45) is 10.1. The second kappa shape index (κ2) is 4.66. The van der Waals surface area contributed by atoms with Crippen LogP contribution in [-0.2, 0) is 0 Å². The highest BCUT2D eigenvalue weighted by atomic mass is 15.2. The number of nitrogens with two attached hydrogens (primary N) is 1. The standard InChI is InChI=1S/C14H26N2/c15-14-6-5-12-9-16(10-13(12)14)8-7-11-3-1-2-4-11/h11-14H,1-10,15H2. The quantitative estimate of drug-likeness (QED) is 0.793. The molecule has 0 bridgehead atoms. The maximum Gasteiger partial charge on any atom is 0.00826 e. The highest BCUT2D eigenvalue weighted by molar-refractivity contribution is 4.95. The molecule has 0 aromatic carbocycles. The summed E-state index contributed by atoms with van der Waals surface area (Å²) in [6, 6.07) is 0.515. The Kier molecular flexibility index (Phi) is 3.21. The monoisotopic (exact) mass is 222 g/mol. The minimum Gasteiger partial charge on any atom is -0.327 e. The van der Waals surface area contributed by atoms with Crippen LogP contribution in [0.5, 0.6) is 0 Å². The molecule has 2 N–H and O–H groups in total. The zero-order chi connectivity index (χ0) is 11.0. The molecule has 3 atom stereocenters. The van der Waals surface area contributed by atoms with Gasteiger partial charge in [0.05, 0.1) is 0 Å². The lowest BCUT2D eigenvalue weighted by Gasteiger charge is -2.20. The second-order valence-corrected chi connectivity index (χ2v) is 6.36. The highest BCUT2D eigenvalue weighted by Crippen LogP contribution is 2.37. The van der Waals surface area contributed by atoms with Crippen LogP contribution in [0, 0.1) is 17.8 Å². The van der Waals surface area contributed by atoms with Gasteiger partial charge in [0.2, 0.25) is 0 Å². The fourth-order valence-corrected chi connectivity index (χ4v) is 4.25. The molecule has 92 valence electrons. The predicted octanol–water partition coefficient (Wildman–Crippen LogP) is 2.24. The van der Waals surface area contributed by atoms with Crippen molar-refractivity contribution < 1.29 is 0 Å². The number of hydrogen-bond acceptors (Lipinski definition) is 2. The normalized spacial score (nSPS) is 40.7. The summed E-state index contributed by atoms with van der Waals surface area (Å²) in [5, 5.41) is 0. The lowest BCUT2D eigenvalue weighted by molar-refractivity contribution is 0.279. The Hall–Kier alpha value is -0.0800. The number of likely N-dealkylation sites (tertiary alicyclic amines) is 1.